The van der Waals surface area contributed by atoms with E-state index in [0.29, 0.717) is 42.9 Å². The van der Waals surface area contributed by atoms with Crippen LogP contribution in [0.3, 0.4) is 0 Å². The van der Waals surface area contributed by atoms with Crippen molar-refractivity contribution in [1.29, 1.82) is 0 Å². The van der Waals surface area contributed by atoms with Gasteiger partial charge in [0.2, 0.25) is 0 Å². The number of thiazole rings is 1. The third-order valence-corrected chi connectivity index (χ3v) is 5.48. The van der Waals surface area contributed by atoms with Gasteiger partial charge in [-0.15, -0.1) is 11.3 Å². The molecule has 2 rings (SSSR count). The average Bonchev–Trinajstić information content (AvgIpc) is 3.14. The molecule has 164 valence electrons. The lowest BCUT2D eigenvalue weighted by molar-refractivity contribution is 0.0531. The van der Waals surface area contributed by atoms with Crippen molar-refractivity contribution >= 4 is 23.3 Å². The van der Waals surface area contributed by atoms with Crippen molar-refractivity contribution in [2.75, 3.05) is 34.0 Å². The number of aliphatic imine (C=N–C) groups is 1. The summed E-state index contributed by atoms with van der Waals surface area (Å²) < 4.78 is 15.6. The summed E-state index contributed by atoms with van der Waals surface area (Å²) in [6.45, 7) is 7.61. The molecule has 0 amide bonds. The van der Waals surface area contributed by atoms with E-state index in [-0.39, 0.29) is 12.0 Å². The lowest BCUT2D eigenvalue weighted by Crippen LogP contribution is -2.38. The number of benzene rings is 1. The standard InChI is InChI=1S/C21H30N4O4S/c1-6-28-20(26)18-14(2)24-19(30-18)15(3)25-21(22-4)23-13-16-7-9-17(10-8-16)29-12-11-27-5/h7-10,15H,6,11-13H2,1-5H3,(H2,22,23,25). The largest absolute Gasteiger partial charge is 0.491 e. The van der Waals surface area contributed by atoms with Gasteiger partial charge >= 0.3 is 5.97 Å². The van der Waals surface area contributed by atoms with E-state index in [9.17, 15) is 4.79 Å². The van der Waals surface area contributed by atoms with Crippen LogP contribution < -0.4 is 15.4 Å². The molecule has 1 aromatic heterocycles. The molecule has 1 atom stereocenters. The zero-order valence-electron chi connectivity index (χ0n) is 18.2. The Morgan fingerprint density at radius 3 is 2.63 bits per heavy atom. The summed E-state index contributed by atoms with van der Waals surface area (Å²) in [4.78, 5) is 21.3. The predicted molar refractivity (Wildman–Crippen MR) is 118 cm³/mol. The number of carbonyl (C=O) groups excluding carboxylic acids is 1. The molecule has 1 unspecified atom stereocenters. The van der Waals surface area contributed by atoms with E-state index in [1.807, 2.05) is 38.1 Å². The Kier molecular flexibility index (Phi) is 9.56. The molecule has 8 nitrogen and oxygen atoms in total. The molecule has 1 heterocycles. The van der Waals surface area contributed by atoms with E-state index in [2.05, 4.69) is 20.6 Å². The van der Waals surface area contributed by atoms with Crippen LogP contribution in [-0.2, 0) is 16.0 Å². The number of carbonyl (C=O) groups is 1. The first kappa shape index (κ1) is 23.6. The Bertz CT molecular complexity index is 836. The number of ether oxygens (including phenoxy) is 3. The van der Waals surface area contributed by atoms with Crippen LogP contribution in [0.1, 0.15) is 45.8 Å². The van der Waals surface area contributed by atoms with Crippen molar-refractivity contribution < 1.29 is 19.0 Å². The number of aryl methyl sites for hydroxylation is 1. The highest BCUT2D eigenvalue weighted by Crippen LogP contribution is 2.24. The smallest absolute Gasteiger partial charge is 0.350 e. The molecular formula is C21H30N4O4S. The highest BCUT2D eigenvalue weighted by molar-refractivity contribution is 7.13. The van der Waals surface area contributed by atoms with E-state index in [4.69, 9.17) is 14.2 Å². The molecule has 0 saturated carbocycles. The summed E-state index contributed by atoms with van der Waals surface area (Å²) >= 11 is 1.34. The van der Waals surface area contributed by atoms with Crippen LogP contribution in [0.25, 0.3) is 0 Å². The van der Waals surface area contributed by atoms with E-state index < -0.39 is 0 Å². The van der Waals surface area contributed by atoms with Crippen LogP contribution in [0.15, 0.2) is 29.3 Å². The van der Waals surface area contributed by atoms with Crippen molar-refractivity contribution in [2.24, 2.45) is 4.99 Å². The minimum absolute atomic E-state index is 0.111. The van der Waals surface area contributed by atoms with E-state index in [1.165, 1.54) is 11.3 Å². The number of rotatable bonds is 10. The highest BCUT2D eigenvalue weighted by Gasteiger charge is 2.20. The van der Waals surface area contributed by atoms with Gasteiger partial charge < -0.3 is 24.8 Å². The summed E-state index contributed by atoms with van der Waals surface area (Å²) in [5.74, 6) is 1.13. The third kappa shape index (κ3) is 7.00. The number of aromatic nitrogens is 1. The summed E-state index contributed by atoms with van der Waals surface area (Å²) in [7, 11) is 3.36. The number of methoxy groups -OCH3 is 1. The van der Waals surface area contributed by atoms with Crippen molar-refractivity contribution in [3.8, 4) is 5.75 Å². The molecule has 0 aliphatic carbocycles. The first-order chi connectivity index (χ1) is 14.5. The maximum atomic E-state index is 12.0. The van der Waals surface area contributed by atoms with Gasteiger partial charge in [0.25, 0.3) is 0 Å². The zero-order chi connectivity index (χ0) is 21.9. The summed E-state index contributed by atoms with van der Waals surface area (Å²) in [5, 5.41) is 7.39. The summed E-state index contributed by atoms with van der Waals surface area (Å²) in [5.41, 5.74) is 1.78. The van der Waals surface area contributed by atoms with Gasteiger partial charge in [-0.2, -0.15) is 0 Å². The van der Waals surface area contributed by atoms with Gasteiger partial charge in [-0.25, -0.2) is 9.78 Å². The van der Waals surface area contributed by atoms with Gasteiger partial charge in [-0.3, -0.25) is 4.99 Å². The van der Waals surface area contributed by atoms with Crippen LogP contribution in [0.2, 0.25) is 0 Å². The third-order valence-electron chi connectivity index (χ3n) is 4.16. The summed E-state index contributed by atoms with van der Waals surface area (Å²) in [6, 6.07) is 7.75. The SMILES string of the molecule is CCOC(=O)c1sc(C(C)NC(=NC)NCc2ccc(OCCOC)cc2)nc1C. The molecule has 2 aromatic rings. The minimum atomic E-state index is -0.330. The molecular weight excluding hydrogens is 404 g/mol. The molecule has 0 saturated heterocycles. The van der Waals surface area contributed by atoms with Gasteiger partial charge in [-0.05, 0) is 38.5 Å². The molecule has 0 radical (unpaired) electrons. The average molecular weight is 435 g/mol. The fraction of sp³-hybridized carbons (Fsp3) is 0.476. The van der Waals surface area contributed by atoms with Crippen LogP contribution in [0.4, 0.5) is 0 Å². The Morgan fingerprint density at radius 1 is 1.27 bits per heavy atom. The first-order valence-electron chi connectivity index (χ1n) is 9.80. The molecule has 2 N–H and O–H groups in total. The second-order valence-corrected chi connectivity index (χ2v) is 7.49. The molecule has 0 aliphatic rings. The van der Waals surface area contributed by atoms with E-state index in [1.54, 1.807) is 21.1 Å². The van der Waals surface area contributed by atoms with Gasteiger partial charge in [0, 0.05) is 20.7 Å². The number of hydrogen-bond donors (Lipinski definition) is 2. The number of esters is 1. The number of hydrogen-bond acceptors (Lipinski definition) is 7. The maximum absolute atomic E-state index is 12.0. The fourth-order valence-electron chi connectivity index (χ4n) is 2.58. The molecule has 0 fully saturated rings. The first-order valence-corrected chi connectivity index (χ1v) is 10.6. The zero-order valence-corrected chi connectivity index (χ0v) is 19.0. The Hall–Kier alpha value is -2.65. The Labute approximate surface area is 181 Å². The molecule has 9 heteroatoms. The Balaban J connectivity index is 1.90. The number of nitrogens with zero attached hydrogens (tertiary/aromatic N) is 2. The van der Waals surface area contributed by atoms with Gasteiger partial charge in [0.05, 0.1) is 24.9 Å². The lowest BCUT2D eigenvalue weighted by Gasteiger charge is -2.16. The van der Waals surface area contributed by atoms with Gasteiger partial charge in [0.1, 0.15) is 22.2 Å². The minimum Gasteiger partial charge on any atom is -0.491 e. The van der Waals surface area contributed by atoms with Crippen LogP contribution in [-0.4, -0.2) is 50.9 Å². The van der Waals surface area contributed by atoms with Gasteiger partial charge in [-0.1, -0.05) is 12.1 Å². The van der Waals surface area contributed by atoms with Crippen molar-refractivity contribution in [2.45, 2.75) is 33.4 Å². The number of guanidine groups is 1. The van der Waals surface area contributed by atoms with Crippen LogP contribution in [0.5, 0.6) is 5.75 Å². The second kappa shape index (κ2) is 12.1. The normalized spacial score (nSPS) is 12.4. The van der Waals surface area contributed by atoms with Crippen LogP contribution in [0, 0.1) is 6.92 Å². The molecule has 0 bridgehead atoms. The van der Waals surface area contributed by atoms with E-state index >= 15 is 0 Å². The van der Waals surface area contributed by atoms with E-state index in [0.717, 1.165) is 16.3 Å². The number of nitrogens with one attached hydrogen (secondary N) is 2. The van der Waals surface area contributed by atoms with Crippen molar-refractivity contribution in [1.82, 2.24) is 15.6 Å². The fourth-order valence-corrected chi connectivity index (χ4v) is 3.55. The van der Waals surface area contributed by atoms with Crippen molar-refractivity contribution in [3.05, 3.63) is 45.4 Å². The Morgan fingerprint density at radius 2 is 2.00 bits per heavy atom. The van der Waals surface area contributed by atoms with Crippen molar-refractivity contribution in [3.63, 3.8) is 0 Å². The highest BCUT2D eigenvalue weighted by atomic mass is 32.1. The molecule has 0 spiro atoms. The lowest BCUT2D eigenvalue weighted by atomic mass is 10.2. The second-order valence-electron chi connectivity index (χ2n) is 6.46. The maximum Gasteiger partial charge on any atom is 0.350 e. The molecule has 30 heavy (non-hydrogen) atoms. The summed E-state index contributed by atoms with van der Waals surface area (Å²) in [6.07, 6.45) is 0. The van der Waals surface area contributed by atoms with Crippen LogP contribution >= 0.6 is 11.3 Å². The molecule has 1 aromatic carbocycles. The van der Waals surface area contributed by atoms with Gasteiger partial charge in [0.15, 0.2) is 5.96 Å². The molecule has 0 aliphatic heterocycles. The topological polar surface area (TPSA) is 94.1 Å². The predicted octanol–water partition coefficient (Wildman–Crippen LogP) is 3.08. The quantitative estimate of drug-likeness (QED) is 0.257. The monoisotopic (exact) mass is 434 g/mol.